The number of ether oxygens (including phenoxy) is 2. The Labute approximate surface area is 192 Å². The van der Waals surface area contributed by atoms with Crippen molar-refractivity contribution in [2.24, 2.45) is 4.99 Å². The van der Waals surface area contributed by atoms with Gasteiger partial charge in [-0.1, -0.05) is 12.1 Å². The van der Waals surface area contributed by atoms with Gasteiger partial charge in [-0.25, -0.2) is 4.98 Å². The summed E-state index contributed by atoms with van der Waals surface area (Å²) in [5.41, 5.74) is 4.27. The second-order valence-electron chi connectivity index (χ2n) is 8.26. The van der Waals surface area contributed by atoms with E-state index < -0.39 is 0 Å². The quantitative estimate of drug-likeness (QED) is 0.559. The van der Waals surface area contributed by atoms with Gasteiger partial charge in [0.25, 0.3) is 0 Å². The van der Waals surface area contributed by atoms with Crippen LogP contribution >= 0.6 is 0 Å². The Kier molecular flexibility index (Phi) is 6.19. The molecule has 4 heterocycles. The van der Waals surface area contributed by atoms with Crippen LogP contribution in [0.2, 0.25) is 0 Å². The Hall–Kier alpha value is -3.49. The van der Waals surface area contributed by atoms with E-state index in [1.165, 1.54) is 11.1 Å². The minimum atomic E-state index is 0.0525. The van der Waals surface area contributed by atoms with E-state index in [9.17, 15) is 4.79 Å². The number of carbonyl (C=O) groups excluding carboxylic acids is 1. The van der Waals surface area contributed by atoms with E-state index >= 15 is 0 Å². The number of nitrogens with zero attached hydrogens (tertiary/aromatic N) is 5. The van der Waals surface area contributed by atoms with E-state index in [0.717, 1.165) is 62.1 Å². The molecule has 0 radical (unpaired) electrons. The molecular formula is C25H27N5O3. The summed E-state index contributed by atoms with van der Waals surface area (Å²) in [7, 11) is 1.55. The largest absolute Gasteiger partial charge is 0.456 e. The highest BCUT2D eigenvalue weighted by molar-refractivity contribution is 5.89. The molecule has 5 rings (SSSR count). The van der Waals surface area contributed by atoms with Crippen LogP contribution in [-0.2, 0) is 16.1 Å². The van der Waals surface area contributed by atoms with Crippen LogP contribution in [0.15, 0.2) is 59.9 Å². The monoisotopic (exact) mass is 445 g/mol. The van der Waals surface area contributed by atoms with E-state index in [-0.39, 0.29) is 12.5 Å². The Bertz CT molecular complexity index is 1190. The number of aromatic nitrogens is 2. The average Bonchev–Trinajstić information content (AvgIpc) is 3.50. The van der Waals surface area contributed by atoms with Gasteiger partial charge in [0.1, 0.15) is 23.8 Å². The van der Waals surface area contributed by atoms with Crippen LogP contribution < -0.4 is 4.74 Å². The summed E-state index contributed by atoms with van der Waals surface area (Å²) >= 11 is 0. The number of fused-ring (bicyclic) bond motifs is 1. The molecule has 1 fully saturated rings. The van der Waals surface area contributed by atoms with Gasteiger partial charge in [-0.15, -0.1) is 0 Å². The van der Waals surface area contributed by atoms with Gasteiger partial charge in [0.05, 0.1) is 18.4 Å². The van der Waals surface area contributed by atoms with E-state index in [1.807, 2.05) is 58.3 Å². The van der Waals surface area contributed by atoms with Crippen molar-refractivity contribution < 1.29 is 14.3 Å². The second-order valence-corrected chi connectivity index (χ2v) is 8.26. The summed E-state index contributed by atoms with van der Waals surface area (Å²) in [5.74, 6) is 1.60. The fraction of sp³-hybridized carbons (Fsp3) is 0.320. The van der Waals surface area contributed by atoms with E-state index in [1.54, 1.807) is 7.11 Å². The van der Waals surface area contributed by atoms with Gasteiger partial charge < -0.3 is 18.8 Å². The summed E-state index contributed by atoms with van der Waals surface area (Å²) < 4.78 is 13.0. The fourth-order valence-corrected chi connectivity index (χ4v) is 4.17. The fourth-order valence-electron chi connectivity index (χ4n) is 4.17. The molecule has 2 aromatic heterocycles. The molecule has 170 valence electrons. The molecule has 2 aliphatic rings. The van der Waals surface area contributed by atoms with Crippen molar-refractivity contribution in [2.75, 3.05) is 46.4 Å². The Morgan fingerprint density at radius 1 is 1.00 bits per heavy atom. The smallest absolute Gasteiger partial charge is 0.248 e. The molecule has 3 aromatic rings. The number of imidazole rings is 1. The number of piperazine rings is 1. The molecular weight excluding hydrogens is 418 g/mol. The number of benzene rings is 1. The normalized spacial score (nSPS) is 16.4. The van der Waals surface area contributed by atoms with Crippen LogP contribution in [0.25, 0.3) is 11.2 Å². The molecule has 0 aliphatic carbocycles. The molecule has 8 heteroatoms. The number of rotatable bonds is 7. The molecule has 0 spiro atoms. The van der Waals surface area contributed by atoms with Crippen LogP contribution in [0.3, 0.4) is 0 Å². The molecule has 0 atom stereocenters. The van der Waals surface area contributed by atoms with Crippen LogP contribution in [-0.4, -0.2) is 77.7 Å². The Morgan fingerprint density at radius 2 is 1.79 bits per heavy atom. The average molecular weight is 446 g/mol. The van der Waals surface area contributed by atoms with Gasteiger partial charge in [0.15, 0.2) is 0 Å². The van der Waals surface area contributed by atoms with Crippen LogP contribution in [0.5, 0.6) is 11.5 Å². The lowest BCUT2D eigenvalue weighted by Crippen LogP contribution is -2.49. The van der Waals surface area contributed by atoms with Crippen LogP contribution in [0.4, 0.5) is 0 Å². The lowest BCUT2D eigenvalue weighted by molar-refractivity contribution is -0.136. The lowest BCUT2D eigenvalue weighted by Gasteiger charge is -2.34. The van der Waals surface area contributed by atoms with Crippen molar-refractivity contribution in [3.63, 3.8) is 0 Å². The first-order valence-electron chi connectivity index (χ1n) is 11.1. The molecule has 1 amide bonds. The van der Waals surface area contributed by atoms with Crippen LogP contribution in [0, 0.1) is 0 Å². The third-order valence-corrected chi connectivity index (χ3v) is 5.96. The molecule has 0 bridgehead atoms. The number of allylic oxidation sites excluding steroid dienone is 1. The zero-order valence-electron chi connectivity index (χ0n) is 18.7. The third kappa shape index (κ3) is 4.97. The van der Waals surface area contributed by atoms with Gasteiger partial charge in [0.2, 0.25) is 5.91 Å². The molecule has 0 unspecified atom stereocenters. The molecule has 0 saturated carbocycles. The number of carbonyl (C=O) groups is 1. The third-order valence-electron chi connectivity index (χ3n) is 5.96. The van der Waals surface area contributed by atoms with Crippen molar-refractivity contribution in [1.82, 2.24) is 19.2 Å². The zero-order valence-corrected chi connectivity index (χ0v) is 18.7. The van der Waals surface area contributed by atoms with Crippen molar-refractivity contribution >= 4 is 23.3 Å². The van der Waals surface area contributed by atoms with Crippen LogP contribution in [0.1, 0.15) is 11.3 Å². The molecule has 1 saturated heterocycles. The molecule has 2 aliphatic heterocycles. The minimum Gasteiger partial charge on any atom is -0.456 e. The summed E-state index contributed by atoms with van der Waals surface area (Å²) in [6.45, 7) is 4.74. The van der Waals surface area contributed by atoms with Gasteiger partial charge >= 0.3 is 0 Å². The Balaban J connectivity index is 1.20. The number of hydrogen-bond donors (Lipinski definition) is 0. The maximum Gasteiger partial charge on any atom is 0.248 e. The number of pyridine rings is 1. The predicted octanol–water partition coefficient (Wildman–Crippen LogP) is 2.89. The van der Waals surface area contributed by atoms with Crippen molar-refractivity contribution in [2.45, 2.75) is 6.54 Å². The maximum atomic E-state index is 12.0. The second kappa shape index (κ2) is 9.56. The molecule has 33 heavy (non-hydrogen) atoms. The van der Waals surface area contributed by atoms with Crippen molar-refractivity contribution in [3.05, 3.63) is 66.1 Å². The number of amides is 1. The number of hydrogen-bond acceptors (Lipinski definition) is 6. The van der Waals surface area contributed by atoms with Gasteiger partial charge in [0, 0.05) is 52.2 Å². The summed E-state index contributed by atoms with van der Waals surface area (Å²) in [4.78, 5) is 25.1. The summed E-state index contributed by atoms with van der Waals surface area (Å²) in [6.07, 6.45) is 7.88. The minimum absolute atomic E-state index is 0.0525. The highest BCUT2D eigenvalue weighted by atomic mass is 16.5. The summed E-state index contributed by atoms with van der Waals surface area (Å²) in [5, 5.41) is 0. The van der Waals surface area contributed by atoms with Gasteiger partial charge in [-0.05, 0) is 41.5 Å². The maximum absolute atomic E-state index is 12.0. The van der Waals surface area contributed by atoms with Crippen molar-refractivity contribution in [3.8, 4) is 11.5 Å². The van der Waals surface area contributed by atoms with E-state index in [2.05, 4.69) is 22.0 Å². The summed E-state index contributed by atoms with van der Waals surface area (Å²) in [6, 6.07) is 12.0. The van der Waals surface area contributed by atoms with E-state index in [4.69, 9.17) is 14.5 Å². The first kappa shape index (κ1) is 21.4. The van der Waals surface area contributed by atoms with Gasteiger partial charge in [-0.3, -0.25) is 14.7 Å². The molecule has 8 nitrogen and oxygen atoms in total. The SMILES string of the molecule is COCC(=O)N1CCN(Cc2cn3cc(Oc4ccc(C5=CC=NC5)cc4)ccc3n2)CC1. The standard InChI is InChI=1S/C25H27N5O3/c1-32-18-25(31)29-12-10-28(11-13-29)15-21-16-30-17-23(6-7-24(30)27-21)33-22-4-2-19(3-5-22)20-8-9-26-14-20/h2-9,16-17H,10-15,18H2,1H3. The zero-order chi connectivity index (χ0) is 22.6. The number of methoxy groups -OCH3 is 1. The first-order chi connectivity index (χ1) is 16.2. The predicted molar refractivity (Wildman–Crippen MR) is 127 cm³/mol. The lowest BCUT2D eigenvalue weighted by atomic mass is 10.1. The van der Waals surface area contributed by atoms with Crippen molar-refractivity contribution in [1.29, 1.82) is 0 Å². The highest BCUT2D eigenvalue weighted by Gasteiger charge is 2.21. The molecule has 1 aromatic carbocycles. The topological polar surface area (TPSA) is 71.7 Å². The Morgan fingerprint density at radius 3 is 2.52 bits per heavy atom. The highest BCUT2D eigenvalue weighted by Crippen LogP contribution is 2.25. The van der Waals surface area contributed by atoms with E-state index in [0.29, 0.717) is 0 Å². The van der Waals surface area contributed by atoms with Gasteiger partial charge in [-0.2, -0.15) is 0 Å². The first-order valence-corrected chi connectivity index (χ1v) is 11.1. The molecule has 0 N–H and O–H groups in total. The number of aliphatic imine (C=N–C) groups is 1.